The maximum Gasteiger partial charge on any atom is 0.124 e. The third-order valence-corrected chi connectivity index (χ3v) is 4.57. The molecule has 1 heterocycles. The van der Waals surface area contributed by atoms with E-state index < -0.39 is 0 Å². The van der Waals surface area contributed by atoms with Crippen LogP contribution in [0.2, 0.25) is 0 Å². The Labute approximate surface area is 111 Å². The molecular formula is C14H19BrFN. The Morgan fingerprint density at radius 2 is 2.12 bits per heavy atom. The summed E-state index contributed by atoms with van der Waals surface area (Å²) in [5.41, 5.74) is 1.17. The summed E-state index contributed by atoms with van der Waals surface area (Å²) in [5.74, 6) is 1.40. The van der Waals surface area contributed by atoms with Gasteiger partial charge in [-0.1, -0.05) is 35.8 Å². The summed E-state index contributed by atoms with van der Waals surface area (Å²) < 4.78 is 13.9. The van der Waals surface area contributed by atoms with Crippen LogP contribution in [0, 0.1) is 17.7 Å². The Morgan fingerprint density at radius 3 is 2.76 bits per heavy atom. The molecule has 0 aliphatic carbocycles. The van der Waals surface area contributed by atoms with E-state index in [1.165, 1.54) is 18.1 Å². The highest BCUT2D eigenvalue weighted by atomic mass is 79.9. The number of hydrogen-bond donors (Lipinski definition) is 0. The average Bonchev–Trinajstić information content (AvgIpc) is 2.27. The number of hydrogen-bond acceptors (Lipinski definition) is 1. The molecule has 0 radical (unpaired) electrons. The first-order chi connectivity index (χ1) is 8.06. The smallest absolute Gasteiger partial charge is 0.124 e. The molecule has 1 fully saturated rings. The molecule has 2 rings (SSSR count). The third-order valence-electron chi connectivity index (χ3n) is 3.83. The van der Waals surface area contributed by atoms with E-state index in [2.05, 4.69) is 34.7 Å². The van der Waals surface area contributed by atoms with Gasteiger partial charge in [0.05, 0.1) is 0 Å². The Bertz CT molecular complexity index is 394. The largest absolute Gasteiger partial charge is 0.299 e. The first-order valence-corrected chi connectivity index (χ1v) is 7.02. The first kappa shape index (κ1) is 13.0. The van der Waals surface area contributed by atoms with E-state index in [-0.39, 0.29) is 5.82 Å². The van der Waals surface area contributed by atoms with Crippen LogP contribution in [0.25, 0.3) is 0 Å². The summed E-state index contributed by atoms with van der Waals surface area (Å²) in [6.07, 6.45) is 1.26. The quantitative estimate of drug-likeness (QED) is 0.796. The summed E-state index contributed by atoms with van der Waals surface area (Å²) in [4.78, 5) is 2.46. The molecule has 1 saturated heterocycles. The van der Waals surface area contributed by atoms with Crippen molar-refractivity contribution >= 4 is 15.9 Å². The maximum absolute atomic E-state index is 13.0. The van der Waals surface area contributed by atoms with Gasteiger partial charge in [0.15, 0.2) is 0 Å². The molecule has 0 N–H and O–H groups in total. The van der Waals surface area contributed by atoms with Crippen LogP contribution < -0.4 is 0 Å². The van der Waals surface area contributed by atoms with Gasteiger partial charge in [0.1, 0.15) is 5.82 Å². The maximum atomic E-state index is 13.0. The van der Waals surface area contributed by atoms with Crippen LogP contribution in [-0.4, -0.2) is 18.0 Å². The summed E-state index contributed by atoms with van der Waals surface area (Å²) in [6, 6.07) is 4.96. The van der Waals surface area contributed by atoms with Gasteiger partial charge in [0, 0.05) is 17.6 Å². The van der Waals surface area contributed by atoms with Gasteiger partial charge in [0.2, 0.25) is 0 Å². The van der Waals surface area contributed by atoms with Crippen molar-refractivity contribution in [3.05, 3.63) is 34.1 Å². The molecule has 1 nitrogen and oxygen atoms in total. The molecule has 17 heavy (non-hydrogen) atoms. The van der Waals surface area contributed by atoms with Crippen LogP contribution in [0.5, 0.6) is 0 Å². The van der Waals surface area contributed by atoms with Crippen molar-refractivity contribution in [2.24, 2.45) is 11.8 Å². The monoisotopic (exact) mass is 299 g/mol. The van der Waals surface area contributed by atoms with E-state index in [9.17, 15) is 4.39 Å². The van der Waals surface area contributed by atoms with Crippen molar-refractivity contribution in [2.75, 3.05) is 13.1 Å². The van der Waals surface area contributed by atoms with Crippen LogP contribution in [-0.2, 0) is 6.54 Å². The van der Waals surface area contributed by atoms with E-state index in [1.54, 1.807) is 6.07 Å². The summed E-state index contributed by atoms with van der Waals surface area (Å²) in [6.45, 7) is 7.85. The molecule has 0 amide bonds. The fourth-order valence-electron chi connectivity index (χ4n) is 2.38. The van der Waals surface area contributed by atoms with E-state index in [0.29, 0.717) is 0 Å². The summed E-state index contributed by atoms with van der Waals surface area (Å²) in [5, 5.41) is 0. The molecule has 1 aromatic rings. The van der Waals surface area contributed by atoms with Crippen molar-refractivity contribution in [1.82, 2.24) is 4.90 Å². The van der Waals surface area contributed by atoms with Crippen LogP contribution in [0.4, 0.5) is 4.39 Å². The second-order valence-corrected chi connectivity index (χ2v) is 6.07. The van der Waals surface area contributed by atoms with Crippen molar-refractivity contribution in [3.63, 3.8) is 0 Å². The fourth-order valence-corrected chi connectivity index (χ4v) is 2.86. The molecule has 2 unspecified atom stereocenters. The fraction of sp³-hybridized carbons (Fsp3) is 0.571. The lowest BCUT2D eigenvalue weighted by molar-refractivity contribution is 0.132. The highest BCUT2D eigenvalue weighted by Gasteiger charge is 2.22. The number of halogens is 2. The van der Waals surface area contributed by atoms with Gasteiger partial charge in [-0.2, -0.15) is 0 Å². The number of likely N-dealkylation sites (tertiary alicyclic amines) is 1. The molecule has 3 heteroatoms. The Balaban J connectivity index is 2.01. The molecule has 94 valence electrons. The summed E-state index contributed by atoms with van der Waals surface area (Å²) >= 11 is 3.43. The molecule has 1 aliphatic heterocycles. The third kappa shape index (κ3) is 3.29. The number of rotatable bonds is 2. The van der Waals surface area contributed by atoms with Crippen LogP contribution in [0.1, 0.15) is 25.8 Å². The molecule has 1 aliphatic rings. The van der Waals surface area contributed by atoms with E-state index >= 15 is 0 Å². The molecule has 0 aromatic heterocycles. The van der Waals surface area contributed by atoms with Gasteiger partial charge >= 0.3 is 0 Å². The molecule has 0 spiro atoms. The van der Waals surface area contributed by atoms with Gasteiger partial charge in [-0.3, -0.25) is 4.90 Å². The van der Waals surface area contributed by atoms with Gasteiger partial charge in [-0.05, 0) is 42.5 Å². The Kier molecular flexibility index (Phi) is 4.21. The van der Waals surface area contributed by atoms with Gasteiger partial charge in [-0.25, -0.2) is 4.39 Å². The summed E-state index contributed by atoms with van der Waals surface area (Å²) in [7, 11) is 0. The van der Waals surface area contributed by atoms with Crippen molar-refractivity contribution in [3.8, 4) is 0 Å². The van der Waals surface area contributed by atoms with E-state index in [4.69, 9.17) is 0 Å². The normalized spacial score (nSPS) is 26.1. The van der Waals surface area contributed by atoms with Crippen molar-refractivity contribution in [2.45, 2.75) is 26.8 Å². The van der Waals surface area contributed by atoms with Gasteiger partial charge < -0.3 is 0 Å². The second-order valence-electron chi connectivity index (χ2n) is 5.21. The zero-order chi connectivity index (χ0) is 12.4. The zero-order valence-electron chi connectivity index (χ0n) is 10.4. The van der Waals surface area contributed by atoms with Gasteiger partial charge in [-0.15, -0.1) is 0 Å². The highest BCUT2D eigenvalue weighted by Crippen LogP contribution is 2.26. The molecular weight excluding hydrogens is 281 g/mol. The number of benzene rings is 1. The minimum Gasteiger partial charge on any atom is -0.299 e. The van der Waals surface area contributed by atoms with E-state index in [0.717, 1.165) is 35.9 Å². The standard InChI is InChI=1S/C14H19BrFN/c1-10-5-6-17(8-11(10)2)9-12-3-4-13(16)7-14(12)15/h3-4,7,10-11H,5-6,8-9H2,1-2H3. The van der Waals surface area contributed by atoms with Gasteiger partial charge in [0.25, 0.3) is 0 Å². The predicted octanol–water partition coefficient (Wildman–Crippen LogP) is 4.07. The Hall–Kier alpha value is -0.410. The minimum atomic E-state index is -0.179. The van der Waals surface area contributed by atoms with E-state index in [1.807, 2.05) is 6.07 Å². The number of nitrogens with zero attached hydrogens (tertiary/aromatic N) is 1. The van der Waals surface area contributed by atoms with Crippen LogP contribution in [0.15, 0.2) is 22.7 Å². The first-order valence-electron chi connectivity index (χ1n) is 6.22. The average molecular weight is 300 g/mol. The lowest BCUT2D eigenvalue weighted by Crippen LogP contribution is -2.37. The zero-order valence-corrected chi connectivity index (χ0v) is 12.0. The van der Waals surface area contributed by atoms with Crippen molar-refractivity contribution in [1.29, 1.82) is 0 Å². The SMILES string of the molecule is CC1CCN(Cc2ccc(F)cc2Br)CC1C. The predicted molar refractivity (Wildman–Crippen MR) is 72.3 cm³/mol. The second kappa shape index (κ2) is 5.49. The molecule has 2 atom stereocenters. The molecule has 0 bridgehead atoms. The van der Waals surface area contributed by atoms with Crippen LogP contribution in [0.3, 0.4) is 0 Å². The topological polar surface area (TPSA) is 3.24 Å². The highest BCUT2D eigenvalue weighted by molar-refractivity contribution is 9.10. The molecule has 1 aromatic carbocycles. The van der Waals surface area contributed by atoms with Crippen LogP contribution >= 0.6 is 15.9 Å². The Morgan fingerprint density at radius 1 is 1.35 bits per heavy atom. The lowest BCUT2D eigenvalue weighted by Gasteiger charge is -2.35. The number of piperidine rings is 1. The lowest BCUT2D eigenvalue weighted by atomic mass is 9.88. The molecule has 0 saturated carbocycles. The van der Waals surface area contributed by atoms with Crippen molar-refractivity contribution < 1.29 is 4.39 Å². The minimum absolute atomic E-state index is 0.179.